The maximum absolute atomic E-state index is 12.8. The van der Waals surface area contributed by atoms with E-state index >= 15 is 0 Å². The summed E-state index contributed by atoms with van der Waals surface area (Å²) >= 11 is 0. The maximum atomic E-state index is 12.8. The van der Waals surface area contributed by atoms with Crippen LogP contribution in [0.25, 0.3) is 11.1 Å². The van der Waals surface area contributed by atoms with Crippen LogP contribution in [-0.4, -0.2) is 30.7 Å². The number of primary amides is 1. The molecule has 0 heterocycles. The van der Waals surface area contributed by atoms with E-state index in [1.54, 1.807) is 24.3 Å². The van der Waals surface area contributed by atoms with Gasteiger partial charge in [-0.3, -0.25) is 4.79 Å². The van der Waals surface area contributed by atoms with Crippen LogP contribution in [0.4, 0.5) is 9.59 Å². The van der Waals surface area contributed by atoms with Gasteiger partial charge in [-0.15, -0.1) is 0 Å². The SMILES string of the molecule is CC(C)C(NC(=O)OCC1c2ccccc2-c2ccccc21)C(=O)NCc1ccc(OC(N)=O)cc1. The molecule has 0 aromatic heterocycles. The second-order valence-electron chi connectivity index (χ2n) is 8.97. The minimum Gasteiger partial charge on any atom is -0.449 e. The Morgan fingerprint density at radius 3 is 2.03 bits per heavy atom. The normalized spacial score (nSPS) is 12.9. The highest BCUT2D eigenvalue weighted by Gasteiger charge is 2.30. The van der Waals surface area contributed by atoms with Gasteiger partial charge in [0.2, 0.25) is 5.91 Å². The predicted molar refractivity (Wildman–Crippen MR) is 135 cm³/mol. The van der Waals surface area contributed by atoms with Crippen LogP contribution >= 0.6 is 0 Å². The van der Waals surface area contributed by atoms with Crippen molar-refractivity contribution < 1.29 is 23.9 Å². The standard InChI is InChI=1S/C28H29N3O5/c1-17(2)25(26(32)30-15-18-11-13-19(14-12-18)36-27(29)33)31-28(34)35-16-24-22-9-5-3-7-20(22)21-8-4-6-10-23(21)24/h3-14,17,24-25H,15-16H2,1-2H3,(H2,29,33)(H,30,32)(H,31,34). The van der Waals surface area contributed by atoms with Gasteiger partial charge in [0.1, 0.15) is 18.4 Å². The fourth-order valence-electron chi connectivity index (χ4n) is 4.39. The van der Waals surface area contributed by atoms with Gasteiger partial charge in [-0.25, -0.2) is 9.59 Å². The van der Waals surface area contributed by atoms with E-state index in [-0.39, 0.29) is 30.9 Å². The van der Waals surface area contributed by atoms with E-state index in [4.69, 9.17) is 15.2 Å². The molecule has 186 valence electrons. The van der Waals surface area contributed by atoms with Crippen LogP contribution in [-0.2, 0) is 16.1 Å². The molecule has 8 heteroatoms. The highest BCUT2D eigenvalue weighted by Crippen LogP contribution is 2.44. The number of hydrogen-bond donors (Lipinski definition) is 3. The van der Waals surface area contributed by atoms with Crippen molar-refractivity contribution in [1.29, 1.82) is 0 Å². The summed E-state index contributed by atoms with van der Waals surface area (Å²) in [6.45, 7) is 4.12. The molecule has 0 spiro atoms. The zero-order valence-corrected chi connectivity index (χ0v) is 20.2. The van der Waals surface area contributed by atoms with Gasteiger partial charge in [0, 0.05) is 12.5 Å². The van der Waals surface area contributed by atoms with Crippen LogP contribution in [0.1, 0.15) is 36.5 Å². The van der Waals surface area contributed by atoms with E-state index in [1.165, 1.54) is 0 Å². The number of fused-ring (bicyclic) bond motifs is 3. The third-order valence-corrected chi connectivity index (χ3v) is 6.17. The average molecular weight is 488 g/mol. The molecule has 0 aliphatic heterocycles. The number of rotatable bonds is 8. The van der Waals surface area contributed by atoms with E-state index in [2.05, 4.69) is 34.9 Å². The lowest BCUT2D eigenvalue weighted by atomic mass is 9.98. The molecule has 3 aromatic carbocycles. The number of amides is 3. The van der Waals surface area contributed by atoms with Crippen molar-refractivity contribution in [2.45, 2.75) is 32.4 Å². The van der Waals surface area contributed by atoms with Gasteiger partial charge in [-0.2, -0.15) is 0 Å². The fourth-order valence-corrected chi connectivity index (χ4v) is 4.39. The third kappa shape index (κ3) is 5.66. The van der Waals surface area contributed by atoms with E-state index in [0.29, 0.717) is 5.75 Å². The van der Waals surface area contributed by atoms with Crippen LogP contribution < -0.4 is 21.1 Å². The Hall–Kier alpha value is -4.33. The number of carbonyl (C=O) groups is 3. The molecule has 8 nitrogen and oxygen atoms in total. The fraction of sp³-hybridized carbons (Fsp3) is 0.250. The van der Waals surface area contributed by atoms with Gasteiger partial charge in [0.25, 0.3) is 0 Å². The zero-order valence-electron chi connectivity index (χ0n) is 20.2. The molecule has 1 unspecified atom stereocenters. The maximum Gasteiger partial charge on any atom is 0.409 e. The van der Waals surface area contributed by atoms with Crippen LogP contribution in [0, 0.1) is 5.92 Å². The minimum absolute atomic E-state index is 0.0593. The quantitative estimate of drug-likeness (QED) is 0.437. The zero-order chi connectivity index (χ0) is 25.7. The van der Waals surface area contributed by atoms with Crippen LogP contribution in [0.2, 0.25) is 0 Å². The first-order chi connectivity index (χ1) is 17.3. The molecule has 3 amide bonds. The summed E-state index contributed by atoms with van der Waals surface area (Å²) in [5.74, 6) is -0.224. The minimum atomic E-state index is -0.893. The lowest BCUT2D eigenvalue weighted by Gasteiger charge is -2.22. The summed E-state index contributed by atoms with van der Waals surface area (Å²) in [5, 5.41) is 5.54. The Morgan fingerprint density at radius 2 is 1.47 bits per heavy atom. The molecule has 1 aliphatic carbocycles. The summed E-state index contributed by atoms with van der Waals surface area (Å²) in [5.41, 5.74) is 10.3. The van der Waals surface area contributed by atoms with Crippen LogP contribution in [0.3, 0.4) is 0 Å². The summed E-state index contributed by atoms with van der Waals surface area (Å²) < 4.78 is 10.4. The van der Waals surface area contributed by atoms with Crippen molar-refractivity contribution >= 4 is 18.1 Å². The Kier molecular flexibility index (Phi) is 7.53. The monoisotopic (exact) mass is 487 g/mol. The Bertz CT molecular complexity index is 1210. The van der Waals surface area contributed by atoms with Gasteiger partial charge in [-0.1, -0.05) is 74.5 Å². The van der Waals surface area contributed by atoms with Crippen LogP contribution in [0.15, 0.2) is 72.8 Å². The Labute approximate surface area is 209 Å². The molecule has 0 saturated carbocycles. The highest BCUT2D eigenvalue weighted by atomic mass is 16.6. The van der Waals surface area contributed by atoms with Crippen molar-refractivity contribution in [2.24, 2.45) is 11.7 Å². The number of alkyl carbamates (subject to hydrolysis) is 1. The first-order valence-electron chi connectivity index (χ1n) is 11.8. The smallest absolute Gasteiger partial charge is 0.409 e. The molecule has 4 N–H and O–H groups in total. The van der Waals surface area contributed by atoms with E-state index in [9.17, 15) is 14.4 Å². The van der Waals surface area contributed by atoms with E-state index < -0.39 is 18.2 Å². The number of nitrogens with two attached hydrogens (primary N) is 1. The number of benzene rings is 3. The van der Waals surface area contributed by atoms with Gasteiger partial charge >= 0.3 is 12.2 Å². The van der Waals surface area contributed by atoms with Crippen molar-refractivity contribution in [3.63, 3.8) is 0 Å². The molecular formula is C28H29N3O5. The van der Waals surface area contributed by atoms with Crippen LogP contribution in [0.5, 0.6) is 5.75 Å². The molecular weight excluding hydrogens is 458 g/mol. The lowest BCUT2D eigenvalue weighted by Crippen LogP contribution is -2.49. The Morgan fingerprint density at radius 1 is 0.889 bits per heavy atom. The molecule has 0 radical (unpaired) electrons. The van der Waals surface area contributed by atoms with Crippen molar-refractivity contribution in [2.75, 3.05) is 6.61 Å². The lowest BCUT2D eigenvalue weighted by molar-refractivity contribution is -0.124. The van der Waals surface area contributed by atoms with Gasteiger partial charge < -0.3 is 25.8 Å². The topological polar surface area (TPSA) is 120 Å². The predicted octanol–water partition coefficient (Wildman–Crippen LogP) is 4.32. The average Bonchev–Trinajstić information content (AvgIpc) is 3.18. The van der Waals surface area contributed by atoms with Crippen molar-refractivity contribution in [1.82, 2.24) is 10.6 Å². The first-order valence-corrected chi connectivity index (χ1v) is 11.8. The summed E-state index contributed by atoms with van der Waals surface area (Å²) in [4.78, 5) is 36.3. The number of nitrogens with one attached hydrogen (secondary N) is 2. The Balaban J connectivity index is 1.33. The molecule has 1 atom stereocenters. The van der Waals surface area contributed by atoms with Gasteiger partial charge in [0.15, 0.2) is 0 Å². The molecule has 0 fully saturated rings. The first kappa shape index (κ1) is 24.8. The molecule has 36 heavy (non-hydrogen) atoms. The summed E-state index contributed by atoms with van der Waals surface area (Å²) in [6, 6.07) is 22.0. The summed E-state index contributed by atoms with van der Waals surface area (Å²) in [7, 11) is 0. The van der Waals surface area contributed by atoms with Crippen molar-refractivity contribution in [3.8, 4) is 16.9 Å². The molecule has 4 rings (SSSR count). The number of hydrogen-bond acceptors (Lipinski definition) is 5. The molecule has 1 aliphatic rings. The molecule has 0 bridgehead atoms. The number of ether oxygens (including phenoxy) is 2. The third-order valence-electron chi connectivity index (χ3n) is 6.17. The largest absolute Gasteiger partial charge is 0.449 e. The summed E-state index contributed by atoms with van der Waals surface area (Å²) in [6.07, 6.45) is -1.53. The number of carbonyl (C=O) groups excluding carboxylic acids is 3. The van der Waals surface area contributed by atoms with Crippen molar-refractivity contribution in [3.05, 3.63) is 89.5 Å². The molecule has 3 aromatic rings. The highest BCUT2D eigenvalue weighted by molar-refractivity contribution is 5.86. The van der Waals surface area contributed by atoms with Gasteiger partial charge in [0.05, 0.1) is 0 Å². The van der Waals surface area contributed by atoms with Gasteiger partial charge in [-0.05, 0) is 45.9 Å². The van der Waals surface area contributed by atoms with E-state index in [0.717, 1.165) is 27.8 Å². The second-order valence-corrected chi connectivity index (χ2v) is 8.97. The second kappa shape index (κ2) is 10.9. The molecule has 0 saturated heterocycles. The van der Waals surface area contributed by atoms with E-state index in [1.807, 2.05) is 38.1 Å².